The molecule has 0 saturated heterocycles. The molecule has 4 nitrogen and oxygen atoms in total. The summed E-state index contributed by atoms with van der Waals surface area (Å²) in [7, 11) is 0. The minimum Gasteiger partial charge on any atom is -0.421 e. The molecule has 0 atom stereocenters. The van der Waals surface area contributed by atoms with E-state index in [0.717, 1.165) is 5.56 Å². The Labute approximate surface area is 349 Å². The second-order valence-electron chi connectivity index (χ2n) is 9.57. The molecular formula is C53H75N3O. The second kappa shape index (κ2) is 41.4. The first-order chi connectivity index (χ1) is 28.3. The summed E-state index contributed by atoms with van der Waals surface area (Å²) in [6, 6.07) is 61.7. The van der Waals surface area contributed by atoms with E-state index in [2.05, 4.69) is 136 Å². The highest BCUT2D eigenvalue weighted by molar-refractivity contribution is 5.76. The third-order valence-corrected chi connectivity index (χ3v) is 6.47. The van der Waals surface area contributed by atoms with Crippen molar-refractivity contribution in [2.45, 2.75) is 104 Å². The van der Waals surface area contributed by atoms with Gasteiger partial charge in [-0.05, 0) is 59.7 Å². The van der Waals surface area contributed by atoms with Crippen molar-refractivity contribution in [1.29, 1.82) is 0 Å². The zero-order valence-corrected chi connectivity index (χ0v) is 38.1. The van der Waals surface area contributed by atoms with Gasteiger partial charge in [-0.2, -0.15) is 0 Å². The molecule has 0 aliphatic carbocycles. The molecule has 0 saturated carbocycles. The molecule has 0 spiro atoms. The Morgan fingerprint density at radius 2 is 0.526 bits per heavy atom. The summed E-state index contributed by atoms with van der Waals surface area (Å²) in [5.41, 5.74) is 7.01. The lowest BCUT2D eigenvalue weighted by Gasteiger charge is -2.25. The van der Waals surface area contributed by atoms with Crippen molar-refractivity contribution < 1.29 is 4.42 Å². The molecule has 0 radical (unpaired) electrons. The standard InChI is InChI=1S/C18H15N.C12H10.C9H8N2O.7C2H6/c1-4-10-16(11-5-1)19(17-12-6-2-7-13-17)18-14-8-3-9-15-18;1-3-7-11(8-4-1)12-9-5-2-6-10-12;1-7-10-11-9(12-7)8-5-3-2-4-6-8;7*1-2/h1-15H;1-10H;2-6H,1H3;7*1-2H3. The van der Waals surface area contributed by atoms with E-state index in [1.165, 1.54) is 28.2 Å². The van der Waals surface area contributed by atoms with E-state index in [0.29, 0.717) is 11.8 Å². The average molecular weight is 770 g/mol. The molecule has 0 unspecified atom stereocenters. The Morgan fingerprint density at radius 1 is 0.298 bits per heavy atom. The number of hydrogen-bond donors (Lipinski definition) is 0. The van der Waals surface area contributed by atoms with Crippen molar-refractivity contribution in [2.24, 2.45) is 0 Å². The van der Waals surface area contributed by atoms with Crippen LogP contribution < -0.4 is 4.90 Å². The number of para-hydroxylation sites is 3. The number of benzene rings is 6. The van der Waals surface area contributed by atoms with E-state index < -0.39 is 0 Å². The maximum atomic E-state index is 5.25. The van der Waals surface area contributed by atoms with Crippen LogP contribution in [0.4, 0.5) is 17.1 Å². The molecule has 0 fully saturated rings. The van der Waals surface area contributed by atoms with E-state index in [1.54, 1.807) is 6.92 Å². The highest BCUT2D eigenvalue weighted by Gasteiger charge is 2.10. The highest BCUT2D eigenvalue weighted by Crippen LogP contribution is 2.33. The lowest BCUT2D eigenvalue weighted by molar-refractivity contribution is 0.533. The number of hydrogen-bond acceptors (Lipinski definition) is 4. The van der Waals surface area contributed by atoms with Gasteiger partial charge in [0.05, 0.1) is 0 Å². The fourth-order valence-electron chi connectivity index (χ4n) is 4.43. The van der Waals surface area contributed by atoms with Crippen molar-refractivity contribution in [2.75, 3.05) is 4.90 Å². The van der Waals surface area contributed by atoms with Crippen LogP contribution in [0.1, 0.15) is 103 Å². The van der Waals surface area contributed by atoms with Gasteiger partial charge in [0.15, 0.2) is 0 Å². The molecule has 0 aliphatic rings. The summed E-state index contributed by atoms with van der Waals surface area (Å²) in [6.45, 7) is 29.8. The molecule has 0 aliphatic heterocycles. The molecule has 0 amide bonds. The molecule has 7 rings (SSSR count). The predicted molar refractivity (Wildman–Crippen MR) is 257 cm³/mol. The number of anilines is 3. The number of aromatic nitrogens is 2. The topological polar surface area (TPSA) is 42.2 Å². The van der Waals surface area contributed by atoms with Gasteiger partial charge in [-0.15, -0.1) is 10.2 Å². The molecule has 1 heterocycles. The van der Waals surface area contributed by atoms with Gasteiger partial charge in [0.25, 0.3) is 0 Å². The van der Waals surface area contributed by atoms with Crippen LogP contribution in [-0.2, 0) is 0 Å². The van der Waals surface area contributed by atoms with Gasteiger partial charge < -0.3 is 9.32 Å². The monoisotopic (exact) mass is 770 g/mol. The van der Waals surface area contributed by atoms with Gasteiger partial charge in [-0.25, -0.2) is 0 Å². The molecule has 57 heavy (non-hydrogen) atoms. The van der Waals surface area contributed by atoms with E-state index in [1.807, 2.05) is 158 Å². The number of aryl methyl sites for hydroxylation is 1. The van der Waals surface area contributed by atoms with Crippen LogP contribution in [0.15, 0.2) is 186 Å². The van der Waals surface area contributed by atoms with E-state index in [-0.39, 0.29) is 0 Å². The van der Waals surface area contributed by atoms with Crippen LogP contribution in [0.3, 0.4) is 0 Å². The first kappa shape index (κ1) is 55.6. The van der Waals surface area contributed by atoms with Crippen molar-refractivity contribution in [3.63, 3.8) is 0 Å². The fraction of sp³-hybridized carbons (Fsp3) is 0.283. The summed E-state index contributed by atoms with van der Waals surface area (Å²) in [5, 5.41) is 7.65. The molecule has 0 N–H and O–H groups in total. The summed E-state index contributed by atoms with van der Waals surface area (Å²) >= 11 is 0. The SMILES string of the molecule is CC.CC.CC.CC.CC.CC.CC.Cc1nnc(-c2ccccc2)o1.c1ccc(-c2ccccc2)cc1.c1ccc(N(c2ccccc2)c2ccccc2)cc1. The Morgan fingerprint density at radius 3 is 0.754 bits per heavy atom. The van der Waals surface area contributed by atoms with Crippen molar-refractivity contribution in [3.8, 4) is 22.6 Å². The van der Waals surface area contributed by atoms with Crippen molar-refractivity contribution in [3.05, 3.63) is 188 Å². The quantitative estimate of drug-likeness (QED) is 0.175. The van der Waals surface area contributed by atoms with Crippen LogP contribution >= 0.6 is 0 Å². The fourth-order valence-corrected chi connectivity index (χ4v) is 4.43. The van der Waals surface area contributed by atoms with Gasteiger partial charge in [0.2, 0.25) is 11.8 Å². The van der Waals surface area contributed by atoms with Crippen LogP contribution in [0.2, 0.25) is 0 Å². The Kier molecular flexibility index (Phi) is 40.4. The molecule has 0 bridgehead atoms. The Hall–Kier alpha value is -5.74. The van der Waals surface area contributed by atoms with Crippen molar-refractivity contribution in [1.82, 2.24) is 10.2 Å². The average Bonchev–Trinajstić information content (AvgIpc) is 3.79. The third-order valence-electron chi connectivity index (χ3n) is 6.47. The number of rotatable bonds is 5. The molecular weight excluding hydrogens is 695 g/mol. The van der Waals surface area contributed by atoms with Crippen LogP contribution in [0.5, 0.6) is 0 Å². The van der Waals surface area contributed by atoms with Gasteiger partial charge in [0.1, 0.15) is 0 Å². The zero-order chi connectivity index (χ0) is 43.5. The third kappa shape index (κ3) is 23.1. The first-order valence-corrected chi connectivity index (χ1v) is 21.2. The van der Waals surface area contributed by atoms with E-state index in [4.69, 9.17) is 4.42 Å². The van der Waals surface area contributed by atoms with Gasteiger partial charge in [-0.1, -0.05) is 230 Å². The summed E-state index contributed by atoms with van der Waals surface area (Å²) in [4.78, 5) is 2.25. The van der Waals surface area contributed by atoms with Gasteiger partial charge >= 0.3 is 0 Å². The Balaban J connectivity index is -0.000000679. The van der Waals surface area contributed by atoms with Crippen molar-refractivity contribution >= 4 is 17.1 Å². The normalized spacial score (nSPS) is 8.26. The molecule has 6 aromatic carbocycles. The van der Waals surface area contributed by atoms with Crippen LogP contribution in [0.25, 0.3) is 22.6 Å². The van der Waals surface area contributed by atoms with E-state index >= 15 is 0 Å². The summed E-state index contributed by atoms with van der Waals surface area (Å²) in [5.74, 6) is 1.17. The molecule has 4 heteroatoms. The minimum absolute atomic E-state index is 0.577. The van der Waals surface area contributed by atoms with Gasteiger partial charge in [-0.3, -0.25) is 0 Å². The second-order valence-corrected chi connectivity index (χ2v) is 9.57. The summed E-state index contributed by atoms with van der Waals surface area (Å²) in [6.07, 6.45) is 0. The van der Waals surface area contributed by atoms with Crippen LogP contribution in [-0.4, -0.2) is 10.2 Å². The van der Waals surface area contributed by atoms with E-state index in [9.17, 15) is 0 Å². The molecule has 1 aromatic heterocycles. The van der Waals surface area contributed by atoms with Gasteiger partial charge in [0, 0.05) is 29.5 Å². The first-order valence-electron chi connectivity index (χ1n) is 21.2. The maximum Gasteiger partial charge on any atom is 0.247 e. The molecule has 7 aromatic rings. The lowest BCUT2D eigenvalue weighted by atomic mass is 10.1. The molecule has 308 valence electrons. The lowest BCUT2D eigenvalue weighted by Crippen LogP contribution is -2.09. The smallest absolute Gasteiger partial charge is 0.247 e. The maximum absolute atomic E-state index is 5.25. The highest BCUT2D eigenvalue weighted by atomic mass is 16.4. The minimum atomic E-state index is 0.577. The van der Waals surface area contributed by atoms with Crippen LogP contribution in [0, 0.1) is 6.92 Å². The predicted octanol–water partition coefficient (Wildman–Crippen LogP) is 17.7. The zero-order valence-electron chi connectivity index (χ0n) is 38.1. The number of nitrogens with zero attached hydrogens (tertiary/aromatic N) is 3. The Bertz CT molecular complexity index is 1610. The largest absolute Gasteiger partial charge is 0.421 e. The summed E-state index contributed by atoms with van der Waals surface area (Å²) < 4.78 is 5.25.